The minimum atomic E-state index is -0.548. The summed E-state index contributed by atoms with van der Waals surface area (Å²) < 4.78 is 4.95. The molecule has 0 aliphatic carbocycles. The number of esters is 1. The molecule has 19 heavy (non-hydrogen) atoms. The molecule has 1 fully saturated rings. The lowest BCUT2D eigenvalue weighted by atomic mass is 9.95. The average Bonchev–Trinajstić information content (AvgIpc) is 2.43. The van der Waals surface area contributed by atoms with E-state index >= 15 is 0 Å². The van der Waals surface area contributed by atoms with E-state index in [0.717, 1.165) is 44.9 Å². The zero-order valence-electron chi connectivity index (χ0n) is 13.0. The second-order valence-corrected chi connectivity index (χ2v) is 6.02. The van der Waals surface area contributed by atoms with Crippen LogP contribution in [0.1, 0.15) is 46.5 Å². The molecule has 0 aromatic rings. The van der Waals surface area contributed by atoms with Crippen molar-refractivity contribution in [1.29, 1.82) is 0 Å². The number of methoxy groups -OCH3 is 1. The predicted octanol–water partition coefficient (Wildman–Crippen LogP) is 2.04. The van der Waals surface area contributed by atoms with Crippen LogP contribution in [-0.2, 0) is 9.53 Å². The smallest absolute Gasteiger partial charge is 0.325 e. The van der Waals surface area contributed by atoms with Crippen LogP contribution < -0.4 is 5.32 Å². The van der Waals surface area contributed by atoms with E-state index in [4.69, 9.17) is 4.74 Å². The molecule has 0 bridgehead atoms. The highest BCUT2D eigenvalue weighted by Gasteiger charge is 2.34. The SMILES string of the molecule is CCCNC(C)(CCN1CCC(C)CC1)C(=O)OC. The highest BCUT2D eigenvalue weighted by Crippen LogP contribution is 2.19. The maximum atomic E-state index is 12.0. The fourth-order valence-electron chi connectivity index (χ4n) is 2.56. The molecule has 1 aliphatic heterocycles. The summed E-state index contributed by atoms with van der Waals surface area (Å²) in [6.07, 6.45) is 4.39. The Hall–Kier alpha value is -0.610. The molecule has 0 aromatic heterocycles. The summed E-state index contributed by atoms with van der Waals surface area (Å²) in [6, 6.07) is 0. The molecule has 1 N–H and O–H groups in total. The molecule has 0 amide bonds. The molecule has 0 spiro atoms. The normalized spacial score (nSPS) is 21.1. The van der Waals surface area contributed by atoms with Gasteiger partial charge in [0.15, 0.2) is 0 Å². The van der Waals surface area contributed by atoms with Crippen LogP contribution in [0, 0.1) is 5.92 Å². The molecule has 1 unspecified atom stereocenters. The summed E-state index contributed by atoms with van der Waals surface area (Å²) >= 11 is 0. The first kappa shape index (κ1) is 16.4. The van der Waals surface area contributed by atoms with Gasteiger partial charge in [0, 0.05) is 6.54 Å². The highest BCUT2D eigenvalue weighted by atomic mass is 16.5. The molecule has 1 heterocycles. The second-order valence-electron chi connectivity index (χ2n) is 6.02. The molecule has 1 atom stereocenters. The quantitative estimate of drug-likeness (QED) is 0.719. The van der Waals surface area contributed by atoms with Crippen LogP contribution in [0.15, 0.2) is 0 Å². The summed E-state index contributed by atoms with van der Waals surface area (Å²) in [5.41, 5.74) is -0.548. The number of rotatable bonds is 7. The Morgan fingerprint density at radius 2 is 2.05 bits per heavy atom. The lowest BCUT2D eigenvalue weighted by molar-refractivity contribution is -0.148. The van der Waals surface area contributed by atoms with Gasteiger partial charge in [-0.05, 0) is 58.2 Å². The van der Waals surface area contributed by atoms with E-state index in [1.54, 1.807) is 0 Å². The predicted molar refractivity (Wildman–Crippen MR) is 78.2 cm³/mol. The molecule has 0 radical (unpaired) electrons. The Balaban J connectivity index is 2.46. The van der Waals surface area contributed by atoms with Gasteiger partial charge < -0.3 is 15.0 Å². The molecule has 1 aliphatic rings. The standard InChI is InChI=1S/C15H30N2O2/c1-5-9-16-15(3,14(18)19-4)8-12-17-10-6-13(2)7-11-17/h13,16H,5-12H2,1-4H3. The molecule has 4 nitrogen and oxygen atoms in total. The number of carbonyl (C=O) groups excluding carboxylic acids is 1. The van der Waals surface area contributed by atoms with E-state index in [1.807, 2.05) is 6.92 Å². The van der Waals surface area contributed by atoms with Gasteiger partial charge in [0.05, 0.1) is 7.11 Å². The van der Waals surface area contributed by atoms with Crippen molar-refractivity contribution in [3.8, 4) is 0 Å². The van der Waals surface area contributed by atoms with Crippen molar-refractivity contribution in [3.63, 3.8) is 0 Å². The Morgan fingerprint density at radius 1 is 1.42 bits per heavy atom. The Labute approximate surface area is 117 Å². The van der Waals surface area contributed by atoms with Gasteiger partial charge in [0.2, 0.25) is 0 Å². The summed E-state index contributed by atoms with van der Waals surface area (Å²) in [5.74, 6) is 0.702. The number of ether oxygens (including phenoxy) is 1. The van der Waals surface area contributed by atoms with Crippen molar-refractivity contribution in [3.05, 3.63) is 0 Å². The third-order valence-corrected chi connectivity index (χ3v) is 4.21. The van der Waals surface area contributed by atoms with Gasteiger partial charge >= 0.3 is 5.97 Å². The monoisotopic (exact) mass is 270 g/mol. The van der Waals surface area contributed by atoms with Crippen LogP contribution >= 0.6 is 0 Å². The topological polar surface area (TPSA) is 41.6 Å². The van der Waals surface area contributed by atoms with Gasteiger partial charge in [-0.2, -0.15) is 0 Å². The van der Waals surface area contributed by atoms with Crippen molar-refractivity contribution in [2.45, 2.75) is 52.0 Å². The first-order chi connectivity index (χ1) is 9.01. The van der Waals surface area contributed by atoms with Gasteiger partial charge in [-0.1, -0.05) is 13.8 Å². The number of hydrogen-bond donors (Lipinski definition) is 1. The molecule has 112 valence electrons. The van der Waals surface area contributed by atoms with E-state index in [-0.39, 0.29) is 5.97 Å². The zero-order chi connectivity index (χ0) is 14.3. The fourth-order valence-corrected chi connectivity index (χ4v) is 2.56. The third-order valence-electron chi connectivity index (χ3n) is 4.21. The molecule has 1 rings (SSSR count). The maximum absolute atomic E-state index is 12.0. The minimum Gasteiger partial charge on any atom is -0.468 e. The summed E-state index contributed by atoms with van der Waals surface area (Å²) in [7, 11) is 1.47. The van der Waals surface area contributed by atoms with Crippen LogP contribution in [0.3, 0.4) is 0 Å². The van der Waals surface area contributed by atoms with E-state index in [1.165, 1.54) is 20.0 Å². The van der Waals surface area contributed by atoms with Crippen LogP contribution in [0.5, 0.6) is 0 Å². The van der Waals surface area contributed by atoms with Gasteiger partial charge in [-0.15, -0.1) is 0 Å². The van der Waals surface area contributed by atoms with Crippen LogP contribution in [-0.4, -0.2) is 49.7 Å². The lowest BCUT2D eigenvalue weighted by Gasteiger charge is -2.34. The molecule has 4 heteroatoms. The third kappa shape index (κ3) is 5.11. The first-order valence-corrected chi connectivity index (χ1v) is 7.57. The number of hydrogen-bond acceptors (Lipinski definition) is 4. The highest BCUT2D eigenvalue weighted by molar-refractivity contribution is 5.80. The molecule has 1 saturated heterocycles. The largest absolute Gasteiger partial charge is 0.468 e. The maximum Gasteiger partial charge on any atom is 0.325 e. The van der Waals surface area contributed by atoms with Crippen LogP contribution in [0.25, 0.3) is 0 Å². The van der Waals surface area contributed by atoms with Crippen molar-refractivity contribution >= 4 is 5.97 Å². The van der Waals surface area contributed by atoms with E-state index in [9.17, 15) is 4.79 Å². The Kier molecular flexibility index (Phi) is 6.80. The Bertz CT molecular complexity index is 275. The van der Waals surface area contributed by atoms with Crippen molar-refractivity contribution in [2.24, 2.45) is 5.92 Å². The molecular formula is C15H30N2O2. The van der Waals surface area contributed by atoms with E-state index < -0.39 is 5.54 Å². The lowest BCUT2D eigenvalue weighted by Crippen LogP contribution is -2.52. The van der Waals surface area contributed by atoms with E-state index in [2.05, 4.69) is 24.1 Å². The zero-order valence-corrected chi connectivity index (χ0v) is 13.0. The van der Waals surface area contributed by atoms with E-state index in [0.29, 0.717) is 0 Å². The Morgan fingerprint density at radius 3 is 2.58 bits per heavy atom. The van der Waals surface area contributed by atoms with Gasteiger partial charge in [-0.25, -0.2) is 0 Å². The summed E-state index contributed by atoms with van der Waals surface area (Å²) in [4.78, 5) is 14.4. The summed E-state index contributed by atoms with van der Waals surface area (Å²) in [6.45, 7) is 10.5. The molecule has 0 aromatic carbocycles. The number of nitrogens with zero attached hydrogens (tertiary/aromatic N) is 1. The van der Waals surface area contributed by atoms with Gasteiger partial charge in [0.1, 0.15) is 5.54 Å². The van der Waals surface area contributed by atoms with Crippen molar-refractivity contribution < 1.29 is 9.53 Å². The number of piperidine rings is 1. The van der Waals surface area contributed by atoms with Gasteiger partial charge in [0.25, 0.3) is 0 Å². The van der Waals surface area contributed by atoms with Crippen molar-refractivity contribution in [2.75, 3.05) is 33.3 Å². The van der Waals surface area contributed by atoms with Crippen LogP contribution in [0.4, 0.5) is 0 Å². The first-order valence-electron chi connectivity index (χ1n) is 7.57. The second kappa shape index (κ2) is 7.85. The molecule has 0 saturated carbocycles. The average molecular weight is 270 g/mol. The fraction of sp³-hybridized carbons (Fsp3) is 0.933. The number of nitrogens with one attached hydrogen (secondary N) is 1. The molecular weight excluding hydrogens is 240 g/mol. The minimum absolute atomic E-state index is 0.147. The summed E-state index contributed by atoms with van der Waals surface area (Å²) in [5, 5.41) is 3.34. The van der Waals surface area contributed by atoms with Crippen molar-refractivity contribution in [1.82, 2.24) is 10.2 Å². The number of likely N-dealkylation sites (tertiary alicyclic amines) is 1. The van der Waals surface area contributed by atoms with Gasteiger partial charge in [-0.3, -0.25) is 4.79 Å². The number of carbonyl (C=O) groups is 1. The van der Waals surface area contributed by atoms with Crippen LogP contribution in [0.2, 0.25) is 0 Å².